The zero-order chi connectivity index (χ0) is 13.7. The number of benzene rings is 1. The number of hydrogen-bond donors (Lipinski definition) is 1. The van der Waals surface area contributed by atoms with Gasteiger partial charge in [0.05, 0.1) is 0 Å². The van der Waals surface area contributed by atoms with Crippen molar-refractivity contribution < 1.29 is 4.74 Å². The third-order valence-corrected chi connectivity index (χ3v) is 3.83. The molecule has 0 aliphatic carbocycles. The van der Waals surface area contributed by atoms with E-state index in [0.29, 0.717) is 12.1 Å². The monoisotopic (exact) mass is 261 g/mol. The van der Waals surface area contributed by atoms with Crippen LogP contribution in [0.1, 0.15) is 50.8 Å². The molecular formula is C17H27NO. The smallest absolute Gasteiger partial charge is 0.0480 e. The Bertz CT molecular complexity index is 365. The average molecular weight is 261 g/mol. The Labute approximate surface area is 117 Å². The van der Waals surface area contributed by atoms with E-state index in [1.54, 1.807) is 0 Å². The summed E-state index contributed by atoms with van der Waals surface area (Å²) in [4.78, 5) is 0. The minimum absolute atomic E-state index is 0.427. The summed E-state index contributed by atoms with van der Waals surface area (Å²) in [5.41, 5.74) is 2.83. The van der Waals surface area contributed by atoms with Crippen LogP contribution >= 0.6 is 0 Å². The maximum atomic E-state index is 5.40. The first-order valence-corrected chi connectivity index (χ1v) is 7.58. The minimum Gasteiger partial charge on any atom is -0.381 e. The van der Waals surface area contributed by atoms with Gasteiger partial charge in [0.2, 0.25) is 0 Å². The maximum Gasteiger partial charge on any atom is 0.0480 e. The molecule has 1 aliphatic rings. The third kappa shape index (κ3) is 4.63. The van der Waals surface area contributed by atoms with E-state index >= 15 is 0 Å². The predicted octanol–water partition coefficient (Wildman–Crippen LogP) is 3.71. The van der Waals surface area contributed by atoms with E-state index in [9.17, 15) is 0 Å². The lowest BCUT2D eigenvalue weighted by molar-refractivity contribution is 0.0754. The highest BCUT2D eigenvalue weighted by atomic mass is 16.5. The molecule has 0 saturated carbocycles. The van der Waals surface area contributed by atoms with Gasteiger partial charge in [0.1, 0.15) is 0 Å². The quantitative estimate of drug-likeness (QED) is 0.872. The summed E-state index contributed by atoms with van der Waals surface area (Å²) in [6, 6.07) is 10.1. The van der Waals surface area contributed by atoms with Gasteiger partial charge in [-0.1, -0.05) is 38.1 Å². The first-order chi connectivity index (χ1) is 9.15. The maximum absolute atomic E-state index is 5.40. The Balaban J connectivity index is 1.89. The molecule has 106 valence electrons. The van der Waals surface area contributed by atoms with Crippen LogP contribution in [0.4, 0.5) is 0 Å². The van der Waals surface area contributed by atoms with Gasteiger partial charge < -0.3 is 10.1 Å². The molecule has 2 heteroatoms. The highest BCUT2D eigenvalue weighted by molar-refractivity contribution is 5.25. The van der Waals surface area contributed by atoms with Gasteiger partial charge in [-0.05, 0) is 43.2 Å². The molecule has 1 aromatic carbocycles. The van der Waals surface area contributed by atoms with E-state index in [1.165, 1.54) is 17.5 Å². The van der Waals surface area contributed by atoms with Crippen LogP contribution in [0.25, 0.3) is 0 Å². The summed E-state index contributed by atoms with van der Waals surface area (Å²) >= 11 is 0. The molecule has 1 aliphatic heterocycles. The molecule has 19 heavy (non-hydrogen) atoms. The Morgan fingerprint density at radius 3 is 2.32 bits per heavy atom. The lowest BCUT2D eigenvalue weighted by Crippen LogP contribution is -2.36. The SMILES string of the molecule is CC(C)Cc1ccc(C(C)NC2CCOCC2)cc1. The van der Waals surface area contributed by atoms with Crippen molar-refractivity contribution in [2.75, 3.05) is 13.2 Å². The summed E-state index contributed by atoms with van der Waals surface area (Å²) in [6.45, 7) is 8.59. The van der Waals surface area contributed by atoms with E-state index in [0.717, 1.165) is 32.0 Å². The summed E-state index contributed by atoms with van der Waals surface area (Å²) in [5, 5.41) is 3.72. The van der Waals surface area contributed by atoms with Crippen LogP contribution in [0.3, 0.4) is 0 Å². The van der Waals surface area contributed by atoms with Crippen molar-refractivity contribution >= 4 is 0 Å². The van der Waals surface area contributed by atoms with Crippen molar-refractivity contribution in [1.82, 2.24) is 5.32 Å². The van der Waals surface area contributed by atoms with Gasteiger partial charge >= 0.3 is 0 Å². The lowest BCUT2D eigenvalue weighted by atomic mass is 9.99. The number of nitrogens with one attached hydrogen (secondary N) is 1. The highest BCUT2D eigenvalue weighted by Gasteiger charge is 2.16. The van der Waals surface area contributed by atoms with Gasteiger partial charge in [-0.25, -0.2) is 0 Å². The predicted molar refractivity (Wildman–Crippen MR) is 80.4 cm³/mol. The molecule has 2 rings (SSSR count). The van der Waals surface area contributed by atoms with Crippen LogP contribution in [-0.2, 0) is 11.2 Å². The van der Waals surface area contributed by atoms with Gasteiger partial charge in [-0.2, -0.15) is 0 Å². The fourth-order valence-electron chi connectivity index (χ4n) is 2.73. The summed E-state index contributed by atoms with van der Waals surface area (Å²) in [7, 11) is 0. The normalized spacial score (nSPS) is 18.7. The summed E-state index contributed by atoms with van der Waals surface area (Å²) < 4.78 is 5.40. The molecule has 2 nitrogen and oxygen atoms in total. The molecule has 1 atom stereocenters. The van der Waals surface area contributed by atoms with Gasteiger partial charge in [0.25, 0.3) is 0 Å². The highest BCUT2D eigenvalue weighted by Crippen LogP contribution is 2.18. The Morgan fingerprint density at radius 2 is 1.74 bits per heavy atom. The molecule has 1 saturated heterocycles. The van der Waals surface area contributed by atoms with E-state index in [1.807, 2.05) is 0 Å². The molecule has 1 heterocycles. The Kier molecular flexibility index (Phi) is 5.41. The van der Waals surface area contributed by atoms with E-state index in [-0.39, 0.29) is 0 Å². The molecule has 1 unspecified atom stereocenters. The van der Waals surface area contributed by atoms with Crippen LogP contribution in [0.15, 0.2) is 24.3 Å². The van der Waals surface area contributed by atoms with Crippen LogP contribution in [0.2, 0.25) is 0 Å². The zero-order valence-electron chi connectivity index (χ0n) is 12.5. The van der Waals surface area contributed by atoms with Crippen molar-refractivity contribution in [2.45, 2.75) is 52.1 Å². The number of hydrogen-bond acceptors (Lipinski definition) is 2. The van der Waals surface area contributed by atoms with Gasteiger partial charge in [0.15, 0.2) is 0 Å². The van der Waals surface area contributed by atoms with Gasteiger partial charge in [-0.3, -0.25) is 0 Å². The molecule has 0 radical (unpaired) electrons. The van der Waals surface area contributed by atoms with Crippen LogP contribution < -0.4 is 5.32 Å². The van der Waals surface area contributed by atoms with Gasteiger partial charge in [0, 0.05) is 25.3 Å². The molecule has 1 aromatic rings. The average Bonchev–Trinajstić information content (AvgIpc) is 2.40. The van der Waals surface area contributed by atoms with E-state index < -0.39 is 0 Å². The molecule has 1 N–H and O–H groups in total. The molecule has 0 bridgehead atoms. The Hall–Kier alpha value is -0.860. The summed E-state index contributed by atoms with van der Waals surface area (Å²) in [5.74, 6) is 0.726. The molecule has 0 spiro atoms. The molecular weight excluding hydrogens is 234 g/mol. The van der Waals surface area contributed by atoms with Crippen molar-refractivity contribution in [1.29, 1.82) is 0 Å². The van der Waals surface area contributed by atoms with Crippen LogP contribution in [0, 0.1) is 5.92 Å². The topological polar surface area (TPSA) is 21.3 Å². The molecule has 0 aromatic heterocycles. The zero-order valence-corrected chi connectivity index (χ0v) is 12.5. The Morgan fingerprint density at radius 1 is 1.11 bits per heavy atom. The second-order valence-electron chi connectivity index (χ2n) is 6.11. The summed E-state index contributed by atoms with van der Waals surface area (Å²) in [6.07, 6.45) is 3.44. The first-order valence-electron chi connectivity index (χ1n) is 7.58. The largest absolute Gasteiger partial charge is 0.381 e. The van der Waals surface area contributed by atoms with Crippen molar-refractivity contribution in [2.24, 2.45) is 5.92 Å². The standard InChI is InChI=1S/C17H27NO/c1-13(2)12-15-4-6-16(7-5-15)14(3)18-17-8-10-19-11-9-17/h4-7,13-14,17-18H,8-12H2,1-3H3. The third-order valence-electron chi connectivity index (χ3n) is 3.83. The van der Waals surface area contributed by atoms with E-state index in [2.05, 4.69) is 50.4 Å². The van der Waals surface area contributed by atoms with Gasteiger partial charge in [-0.15, -0.1) is 0 Å². The second kappa shape index (κ2) is 7.06. The molecule has 0 amide bonds. The fraction of sp³-hybridized carbons (Fsp3) is 0.647. The van der Waals surface area contributed by atoms with Crippen molar-refractivity contribution in [3.05, 3.63) is 35.4 Å². The minimum atomic E-state index is 0.427. The fourth-order valence-corrected chi connectivity index (χ4v) is 2.73. The lowest BCUT2D eigenvalue weighted by Gasteiger charge is -2.27. The van der Waals surface area contributed by atoms with Crippen molar-refractivity contribution in [3.63, 3.8) is 0 Å². The first kappa shape index (κ1) is 14.5. The number of ether oxygens (including phenoxy) is 1. The van der Waals surface area contributed by atoms with Crippen molar-refractivity contribution in [3.8, 4) is 0 Å². The second-order valence-corrected chi connectivity index (χ2v) is 6.11. The molecule has 1 fully saturated rings. The van der Waals surface area contributed by atoms with Crippen LogP contribution in [0.5, 0.6) is 0 Å². The van der Waals surface area contributed by atoms with Crippen LogP contribution in [-0.4, -0.2) is 19.3 Å². The number of rotatable bonds is 5. The van der Waals surface area contributed by atoms with E-state index in [4.69, 9.17) is 4.74 Å².